The van der Waals surface area contributed by atoms with E-state index in [-0.39, 0.29) is 0 Å². The van der Waals surface area contributed by atoms with Crippen molar-refractivity contribution >= 4 is 17.3 Å². The highest BCUT2D eigenvalue weighted by atomic mass is 32.2. The van der Waals surface area contributed by atoms with E-state index in [4.69, 9.17) is 0 Å². The Morgan fingerprint density at radius 3 is 2.54 bits per heavy atom. The second-order valence-electron chi connectivity index (χ2n) is 3.56. The van der Waals surface area contributed by atoms with Gasteiger partial charge in [-0.15, -0.1) is 11.8 Å². The van der Waals surface area contributed by atoms with Crippen LogP contribution in [0.4, 0.5) is 0 Å². The van der Waals surface area contributed by atoms with Crippen LogP contribution in [-0.4, -0.2) is 11.2 Å². The number of aromatic nitrogens is 1. The van der Waals surface area contributed by atoms with E-state index in [1.807, 2.05) is 0 Å². The van der Waals surface area contributed by atoms with Gasteiger partial charge in [0.05, 0.1) is 0 Å². The molecule has 0 saturated carbocycles. The van der Waals surface area contributed by atoms with E-state index in [1.54, 1.807) is 11.8 Å². The van der Waals surface area contributed by atoms with Crippen LogP contribution in [-0.2, 0) is 0 Å². The van der Waals surface area contributed by atoms with Crippen LogP contribution in [0.3, 0.4) is 0 Å². The summed E-state index contributed by atoms with van der Waals surface area (Å²) < 4.78 is 0. The number of thioether (sulfide) groups is 1. The summed E-state index contributed by atoms with van der Waals surface area (Å²) in [7, 11) is 0. The van der Waals surface area contributed by atoms with Gasteiger partial charge in [0.15, 0.2) is 0 Å². The zero-order valence-corrected chi connectivity index (χ0v) is 9.59. The van der Waals surface area contributed by atoms with Crippen LogP contribution >= 0.6 is 11.8 Å². The summed E-state index contributed by atoms with van der Waals surface area (Å²) in [6.07, 6.45) is 2.10. The molecule has 0 aromatic carbocycles. The maximum atomic E-state index is 4.07. The number of H-pyrrole nitrogens is 1. The van der Waals surface area contributed by atoms with Gasteiger partial charge in [-0.2, -0.15) is 0 Å². The van der Waals surface area contributed by atoms with E-state index in [1.165, 1.54) is 21.9 Å². The summed E-state index contributed by atoms with van der Waals surface area (Å²) in [6, 6.07) is 2.18. The first-order chi connectivity index (χ1) is 6.06. The fraction of sp³-hybridized carbons (Fsp3) is 0.455. The molecule has 1 nitrogen and oxygen atoms in total. The van der Waals surface area contributed by atoms with Crippen LogP contribution in [0.25, 0.3) is 5.57 Å². The van der Waals surface area contributed by atoms with E-state index in [0.717, 1.165) is 0 Å². The van der Waals surface area contributed by atoms with Crippen molar-refractivity contribution in [1.82, 2.24) is 4.98 Å². The van der Waals surface area contributed by atoms with Gasteiger partial charge in [0.2, 0.25) is 0 Å². The van der Waals surface area contributed by atoms with E-state index in [0.29, 0.717) is 5.92 Å². The quantitative estimate of drug-likeness (QED) is 0.727. The molecule has 0 radical (unpaired) electrons. The highest BCUT2D eigenvalue weighted by molar-refractivity contribution is 7.98. The summed E-state index contributed by atoms with van der Waals surface area (Å²) in [4.78, 5) is 4.67. The van der Waals surface area contributed by atoms with Crippen LogP contribution in [0.5, 0.6) is 0 Å². The van der Waals surface area contributed by atoms with E-state index < -0.39 is 0 Å². The van der Waals surface area contributed by atoms with E-state index in [9.17, 15) is 0 Å². The minimum atomic E-state index is 0.507. The fourth-order valence-corrected chi connectivity index (χ4v) is 1.83. The molecule has 0 unspecified atom stereocenters. The molecule has 13 heavy (non-hydrogen) atoms. The summed E-state index contributed by atoms with van der Waals surface area (Å²) in [6.45, 7) is 10.5. The highest BCUT2D eigenvalue weighted by Crippen LogP contribution is 2.27. The molecule has 72 valence electrons. The Morgan fingerprint density at radius 1 is 1.54 bits per heavy atom. The van der Waals surface area contributed by atoms with Gasteiger partial charge >= 0.3 is 0 Å². The largest absolute Gasteiger partial charge is 0.358 e. The normalized spacial score (nSPS) is 10.8. The lowest BCUT2D eigenvalue weighted by molar-refractivity contribution is 0.852. The predicted molar refractivity (Wildman–Crippen MR) is 61.2 cm³/mol. The number of allylic oxidation sites excluding steroid dienone is 1. The molecule has 0 spiro atoms. The lowest BCUT2D eigenvalue weighted by Crippen LogP contribution is -1.91. The molecule has 1 heterocycles. The van der Waals surface area contributed by atoms with Crippen molar-refractivity contribution in [2.45, 2.75) is 25.7 Å². The minimum absolute atomic E-state index is 0.507. The van der Waals surface area contributed by atoms with Crippen LogP contribution in [0.15, 0.2) is 17.5 Å². The monoisotopic (exact) mass is 195 g/mol. The Labute approximate surface area is 84.6 Å². The lowest BCUT2D eigenvalue weighted by Gasteiger charge is -2.05. The minimum Gasteiger partial charge on any atom is -0.358 e. The van der Waals surface area contributed by atoms with Crippen molar-refractivity contribution < 1.29 is 0 Å². The van der Waals surface area contributed by atoms with Crippen LogP contribution in [0.1, 0.15) is 25.2 Å². The van der Waals surface area contributed by atoms with Crippen LogP contribution in [0, 0.1) is 12.8 Å². The number of nitrogens with one attached hydrogen (secondary N) is 1. The third-order valence-corrected chi connectivity index (χ3v) is 3.09. The lowest BCUT2D eigenvalue weighted by atomic mass is 10.0. The first-order valence-electron chi connectivity index (χ1n) is 4.49. The maximum Gasteiger partial charge on any atom is 0.0423 e. The maximum absolute atomic E-state index is 4.07. The Balaban J connectivity index is 2.97. The first kappa shape index (κ1) is 10.5. The average Bonchev–Trinajstić information content (AvgIpc) is 2.45. The number of aromatic amines is 1. The summed E-state index contributed by atoms with van der Waals surface area (Å²) in [5.41, 5.74) is 3.60. The molecule has 1 rings (SSSR count). The number of aryl methyl sites for hydroxylation is 1. The molecular weight excluding hydrogens is 178 g/mol. The van der Waals surface area contributed by atoms with Crippen molar-refractivity contribution in [3.63, 3.8) is 0 Å². The third kappa shape index (κ3) is 2.19. The van der Waals surface area contributed by atoms with Gasteiger partial charge in [0, 0.05) is 16.3 Å². The SMILES string of the molecule is C=C(c1cc(SC)c(C)[nH]1)C(C)C. The van der Waals surface area contributed by atoms with Gasteiger partial charge in [-0.25, -0.2) is 0 Å². The number of hydrogen-bond donors (Lipinski definition) is 1. The van der Waals surface area contributed by atoms with Gasteiger partial charge in [0.25, 0.3) is 0 Å². The van der Waals surface area contributed by atoms with Crippen molar-refractivity contribution in [2.75, 3.05) is 6.26 Å². The second-order valence-corrected chi connectivity index (χ2v) is 4.40. The predicted octanol–water partition coefficient (Wildman–Crippen LogP) is 3.71. The van der Waals surface area contributed by atoms with Gasteiger partial charge in [0.1, 0.15) is 0 Å². The topological polar surface area (TPSA) is 15.8 Å². The average molecular weight is 195 g/mol. The standard InChI is InChI=1S/C11H17NS/c1-7(2)8(3)10-6-11(13-5)9(4)12-10/h6-7,12H,3H2,1-2,4-5H3. The molecule has 1 N–H and O–H groups in total. The van der Waals surface area contributed by atoms with Crippen LogP contribution in [0.2, 0.25) is 0 Å². The Morgan fingerprint density at radius 2 is 2.15 bits per heavy atom. The molecule has 0 atom stereocenters. The first-order valence-corrected chi connectivity index (χ1v) is 5.71. The molecule has 0 amide bonds. The Kier molecular flexibility index (Phi) is 3.26. The fourth-order valence-electron chi connectivity index (χ4n) is 1.24. The molecule has 0 aliphatic carbocycles. The van der Waals surface area contributed by atoms with Gasteiger partial charge in [-0.05, 0) is 30.7 Å². The van der Waals surface area contributed by atoms with Crippen molar-refractivity contribution in [2.24, 2.45) is 5.92 Å². The zero-order valence-electron chi connectivity index (χ0n) is 8.77. The Bertz CT molecular complexity index is 310. The van der Waals surface area contributed by atoms with Crippen molar-refractivity contribution in [1.29, 1.82) is 0 Å². The second kappa shape index (κ2) is 4.05. The van der Waals surface area contributed by atoms with Gasteiger partial charge in [-0.3, -0.25) is 0 Å². The molecule has 0 fully saturated rings. The molecule has 1 aromatic rings. The third-order valence-electron chi connectivity index (χ3n) is 2.23. The van der Waals surface area contributed by atoms with Gasteiger partial charge in [-0.1, -0.05) is 20.4 Å². The molecule has 0 aliphatic heterocycles. The van der Waals surface area contributed by atoms with E-state index in [2.05, 4.69) is 44.7 Å². The van der Waals surface area contributed by atoms with Crippen molar-refractivity contribution in [3.05, 3.63) is 24.0 Å². The zero-order chi connectivity index (χ0) is 10.0. The summed E-state index contributed by atoms with van der Waals surface area (Å²) in [5, 5.41) is 0. The molecule has 0 aliphatic rings. The molecular formula is C11H17NS. The summed E-state index contributed by atoms with van der Waals surface area (Å²) in [5.74, 6) is 0.507. The molecule has 1 aromatic heterocycles. The van der Waals surface area contributed by atoms with Crippen LogP contribution < -0.4 is 0 Å². The molecule has 2 heteroatoms. The summed E-state index contributed by atoms with van der Waals surface area (Å²) >= 11 is 1.77. The number of hydrogen-bond acceptors (Lipinski definition) is 1. The Hall–Kier alpha value is -0.630. The van der Waals surface area contributed by atoms with Gasteiger partial charge < -0.3 is 4.98 Å². The number of rotatable bonds is 3. The molecule has 0 bridgehead atoms. The van der Waals surface area contributed by atoms with E-state index >= 15 is 0 Å². The van der Waals surface area contributed by atoms with Crippen molar-refractivity contribution in [3.8, 4) is 0 Å². The molecule has 0 saturated heterocycles. The highest BCUT2D eigenvalue weighted by Gasteiger charge is 2.08. The smallest absolute Gasteiger partial charge is 0.0423 e.